The molecule has 3 aromatic rings. The first-order chi connectivity index (χ1) is 13.2. The number of nitrogens with one attached hydrogen (secondary N) is 1. The van der Waals surface area contributed by atoms with Crippen LogP contribution < -0.4 is 5.32 Å². The van der Waals surface area contributed by atoms with Gasteiger partial charge >= 0.3 is 0 Å². The maximum Gasteiger partial charge on any atom is 0.230 e. The minimum Gasteiger partial charge on any atom is -0.351 e. The van der Waals surface area contributed by atoms with E-state index in [-0.39, 0.29) is 5.91 Å². The van der Waals surface area contributed by atoms with E-state index in [4.69, 9.17) is 11.6 Å². The van der Waals surface area contributed by atoms with Gasteiger partial charge in [0.05, 0.1) is 17.3 Å². The van der Waals surface area contributed by atoms with Gasteiger partial charge in [0.2, 0.25) is 5.91 Å². The van der Waals surface area contributed by atoms with Crippen molar-refractivity contribution in [3.8, 4) is 5.69 Å². The highest BCUT2D eigenvalue weighted by atomic mass is 35.5. The van der Waals surface area contributed by atoms with Crippen molar-refractivity contribution in [2.75, 3.05) is 0 Å². The van der Waals surface area contributed by atoms with Crippen molar-refractivity contribution in [1.82, 2.24) is 15.1 Å². The first-order valence-electron chi connectivity index (χ1n) is 9.31. The van der Waals surface area contributed by atoms with Gasteiger partial charge in [-0.2, -0.15) is 5.10 Å². The molecule has 0 saturated heterocycles. The Kier molecular flexibility index (Phi) is 4.99. The first-order valence-corrected chi connectivity index (χ1v) is 9.68. The smallest absolute Gasteiger partial charge is 0.230 e. The summed E-state index contributed by atoms with van der Waals surface area (Å²) in [5.41, 5.74) is 2.60. The number of carbonyl (C=O) groups excluding carboxylic acids is 1. The fraction of sp³-hybridized carbons (Fsp3) is 0.273. The maximum atomic E-state index is 13.1. The number of hydrogen-bond donors (Lipinski definition) is 1. The summed E-state index contributed by atoms with van der Waals surface area (Å²) in [6.07, 6.45) is 7.66. The van der Waals surface area contributed by atoms with Crippen LogP contribution in [0.4, 0.5) is 0 Å². The Hall–Kier alpha value is -2.59. The van der Waals surface area contributed by atoms with E-state index >= 15 is 0 Å². The molecule has 0 bridgehead atoms. The Morgan fingerprint density at radius 3 is 2.48 bits per heavy atom. The summed E-state index contributed by atoms with van der Waals surface area (Å²) in [6, 6.07) is 17.7. The second-order valence-corrected chi connectivity index (χ2v) is 7.54. The third-order valence-electron chi connectivity index (χ3n) is 5.40. The molecular weight excluding hydrogens is 358 g/mol. The molecule has 0 aliphatic heterocycles. The molecule has 138 valence electrons. The molecule has 0 spiro atoms. The van der Waals surface area contributed by atoms with Crippen molar-refractivity contribution in [3.05, 3.63) is 83.1 Å². The van der Waals surface area contributed by atoms with E-state index in [2.05, 4.69) is 10.4 Å². The minimum atomic E-state index is -0.444. The minimum absolute atomic E-state index is 0.0924. The lowest BCUT2D eigenvalue weighted by atomic mass is 9.78. The number of carbonyl (C=O) groups is 1. The van der Waals surface area contributed by atoms with E-state index in [9.17, 15) is 4.79 Å². The fourth-order valence-electron chi connectivity index (χ4n) is 3.92. The van der Waals surface area contributed by atoms with Crippen LogP contribution in [0, 0.1) is 0 Å². The van der Waals surface area contributed by atoms with Gasteiger partial charge in [-0.15, -0.1) is 0 Å². The average molecular weight is 380 g/mol. The van der Waals surface area contributed by atoms with E-state index in [1.54, 1.807) is 6.20 Å². The van der Waals surface area contributed by atoms with Gasteiger partial charge in [0.15, 0.2) is 0 Å². The molecule has 1 N–H and O–H groups in total. The Morgan fingerprint density at radius 1 is 1.07 bits per heavy atom. The quantitative estimate of drug-likeness (QED) is 0.701. The Labute approximate surface area is 164 Å². The molecule has 0 atom stereocenters. The molecule has 1 heterocycles. The van der Waals surface area contributed by atoms with Crippen LogP contribution in [0.2, 0.25) is 5.02 Å². The summed E-state index contributed by atoms with van der Waals surface area (Å²) in [4.78, 5) is 13.1. The third-order valence-corrected chi connectivity index (χ3v) is 5.65. The predicted molar refractivity (Wildman–Crippen MR) is 107 cm³/mol. The van der Waals surface area contributed by atoms with Crippen LogP contribution in [-0.2, 0) is 16.8 Å². The molecule has 0 unspecified atom stereocenters. The highest BCUT2D eigenvalue weighted by Crippen LogP contribution is 2.41. The van der Waals surface area contributed by atoms with Gasteiger partial charge in [-0.1, -0.05) is 54.8 Å². The van der Waals surface area contributed by atoms with Gasteiger partial charge < -0.3 is 5.32 Å². The highest BCUT2D eigenvalue weighted by Gasteiger charge is 2.42. The van der Waals surface area contributed by atoms with Crippen LogP contribution >= 0.6 is 11.6 Å². The second kappa shape index (κ2) is 7.57. The summed E-state index contributed by atoms with van der Waals surface area (Å²) in [7, 11) is 0. The van der Waals surface area contributed by atoms with Crippen molar-refractivity contribution in [1.29, 1.82) is 0 Å². The van der Waals surface area contributed by atoms with Gasteiger partial charge in [-0.25, -0.2) is 4.68 Å². The van der Waals surface area contributed by atoms with E-state index in [0.29, 0.717) is 11.6 Å². The largest absolute Gasteiger partial charge is 0.351 e. The van der Waals surface area contributed by atoms with Gasteiger partial charge in [-0.3, -0.25) is 4.79 Å². The van der Waals surface area contributed by atoms with Crippen molar-refractivity contribution < 1.29 is 4.79 Å². The van der Waals surface area contributed by atoms with E-state index in [1.165, 1.54) is 0 Å². The summed E-state index contributed by atoms with van der Waals surface area (Å²) in [5, 5.41) is 8.23. The topological polar surface area (TPSA) is 46.9 Å². The van der Waals surface area contributed by atoms with Crippen LogP contribution in [0.15, 0.2) is 67.0 Å². The number of benzene rings is 2. The molecule has 4 nitrogen and oxygen atoms in total. The number of halogens is 1. The zero-order valence-corrected chi connectivity index (χ0v) is 15.8. The molecule has 1 amide bonds. The number of nitrogens with zero attached hydrogens (tertiary/aromatic N) is 2. The molecule has 5 heteroatoms. The lowest BCUT2D eigenvalue weighted by Gasteiger charge is -2.28. The average Bonchev–Trinajstić information content (AvgIpc) is 3.38. The lowest BCUT2D eigenvalue weighted by molar-refractivity contribution is -0.126. The van der Waals surface area contributed by atoms with Gasteiger partial charge in [0, 0.05) is 23.3 Å². The summed E-state index contributed by atoms with van der Waals surface area (Å²) in [5.74, 6) is 0.0924. The van der Waals surface area contributed by atoms with Gasteiger partial charge in [0.1, 0.15) is 0 Å². The zero-order valence-electron chi connectivity index (χ0n) is 15.1. The van der Waals surface area contributed by atoms with E-state index < -0.39 is 5.41 Å². The van der Waals surface area contributed by atoms with Gasteiger partial charge in [0.25, 0.3) is 0 Å². The molecule has 4 rings (SSSR count). The normalized spacial score (nSPS) is 15.6. The molecule has 0 radical (unpaired) electrons. The summed E-state index contributed by atoms with van der Waals surface area (Å²) >= 11 is 6.03. The van der Waals surface area contributed by atoms with Crippen LogP contribution in [0.25, 0.3) is 5.69 Å². The van der Waals surface area contributed by atoms with Crippen LogP contribution in [0.1, 0.15) is 36.8 Å². The van der Waals surface area contributed by atoms with Crippen LogP contribution in [0.3, 0.4) is 0 Å². The Morgan fingerprint density at radius 2 is 1.78 bits per heavy atom. The highest BCUT2D eigenvalue weighted by molar-refractivity contribution is 6.30. The second-order valence-electron chi connectivity index (χ2n) is 7.11. The molecule has 1 aromatic heterocycles. The standard InChI is InChI=1S/C22H22ClN3O/c23-19-10-8-18(9-11-19)22(12-4-5-13-22)21(27)24-14-17-15-25-26(16-17)20-6-2-1-3-7-20/h1-3,6-11,15-16H,4-5,12-14H2,(H,24,27). The summed E-state index contributed by atoms with van der Waals surface area (Å²) in [6.45, 7) is 0.473. The maximum absolute atomic E-state index is 13.1. The molecular formula is C22H22ClN3O. The third kappa shape index (κ3) is 3.62. The fourth-order valence-corrected chi connectivity index (χ4v) is 4.05. The van der Waals surface area contributed by atoms with Crippen LogP contribution in [-0.4, -0.2) is 15.7 Å². The number of rotatable bonds is 5. The number of amides is 1. The Bertz CT molecular complexity index is 912. The number of hydrogen-bond acceptors (Lipinski definition) is 2. The zero-order chi connectivity index (χ0) is 18.7. The predicted octanol–water partition coefficient (Wildman–Crippen LogP) is 4.65. The van der Waals surface area contributed by atoms with E-state index in [0.717, 1.165) is 42.5 Å². The molecule has 1 aliphatic carbocycles. The molecule has 27 heavy (non-hydrogen) atoms. The molecule has 1 aliphatic rings. The number of aromatic nitrogens is 2. The molecule has 1 saturated carbocycles. The van der Waals surface area contributed by atoms with Crippen molar-refractivity contribution in [2.24, 2.45) is 0 Å². The first kappa shape index (κ1) is 17.8. The van der Waals surface area contributed by atoms with Crippen molar-refractivity contribution in [3.63, 3.8) is 0 Å². The molecule has 2 aromatic carbocycles. The molecule has 1 fully saturated rings. The van der Waals surface area contributed by atoms with E-state index in [1.807, 2.05) is 65.5 Å². The SMILES string of the molecule is O=C(NCc1cnn(-c2ccccc2)c1)C1(c2ccc(Cl)cc2)CCCC1. The number of para-hydroxylation sites is 1. The van der Waals surface area contributed by atoms with Crippen molar-refractivity contribution >= 4 is 17.5 Å². The summed E-state index contributed by atoms with van der Waals surface area (Å²) < 4.78 is 1.83. The van der Waals surface area contributed by atoms with Crippen LogP contribution in [0.5, 0.6) is 0 Å². The van der Waals surface area contributed by atoms with Crippen molar-refractivity contribution in [2.45, 2.75) is 37.6 Å². The lowest BCUT2D eigenvalue weighted by Crippen LogP contribution is -2.42. The Balaban J connectivity index is 1.48. The van der Waals surface area contributed by atoms with Gasteiger partial charge in [-0.05, 0) is 42.7 Å². The monoisotopic (exact) mass is 379 g/mol.